The summed E-state index contributed by atoms with van der Waals surface area (Å²) in [4.78, 5) is 5.34. The molecule has 4 heteroatoms. The SMILES string of the molecule is Cc1cccc(C(N)=S)c1N1CC(C)N(C)C(C)C1. The van der Waals surface area contributed by atoms with Gasteiger partial charge in [0.2, 0.25) is 0 Å². The van der Waals surface area contributed by atoms with Crippen LogP contribution in [-0.4, -0.2) is 42.1 Å². The minimum Gasteiger partial charge on any atom is -0.389 e. The summed E-state index contributed by atoms with van der Waals surface area (Å²) in [6, 6.07) is 7.24. The second-order valence-corrected chi connectivity index (χ2v) is 6.04. The zero-order valence-electron chi connectivity index (χ0n) is 12.2. The van der Waals surface area contributed by atoms with Crippen molar-refractivity contribution in [2.45, 2.75) is 32.9 Å². The van der Waals surface area contributed by atoms with Crippen molar-refractivity contribution in [1.29, 1.82) is 0 Å². The standard InChI is InChI=1S/C15H23N3S/c1-10-6-5-7-13(15(16)19)14(10)18-8-11(2)17(4)12(3)9-18/h5-7,11-12H,8-9H2,1-4H3,(H2,16,19). The number of benzene rings is 1. The lowest BCUT2D eigenvalue weighted by atomic mass is 10.0. The summed E-state index contributed by atoms with van der Waals surface area (Å²) in [7, 11) is 2.19. The normalized spacial score (nSPS) is 24.5. The minimum absolute atomic E-state index is 0.484. The summed E-state index contributed by atoms with van der Waals surface area (Å²) in [6.07, 6.45) is 0. The first kappa shape index (κ1) is 14.3. The molecule has 0 aromatic heterocycles. The Morgan fingerprint density at radius 2 is 1.84 bits per heavy atom. The maximum Gasteiger partial charge on any atom is 0.106 e. The first-order valence-corrected chi connectivity index (χ1v) is 7.19. The van der Waals surface area contributed by atoms with Crippen molar-refractivity contribution in [3.63, 3.8) is 0 Å². The molecule has 0 bridgehead atoms. The van der Waals surface area contributed by atoms with E-state index >= 15 is 0 Å². The molecule has 0 spiro atoms. The molecule has 1 fully saturated rings. The predicted octanol–water partition coefficient (Wildman–Crippen LogP) is 2.16. The number of thiocarbonyl (C=S) groups is 1. The third kappa shape index (κ3) is 2.74. The lowest BCUT2D eigenvalue weighted by molar-refractivity contribution is 0.170. The Labute approximate surface area is 121 Å². The zero-order valence-corrected chi connectivity index (χ0v) is 13.0. The van der Waals surface area contributed by atoms with Crippen molar-refractivity contribution in [1.82, 2.24) is 4.90 Å². The van der Waals surface area contributed by atoms with E-state index in [1.165, 1.54) is 11.3 Å². The van der Waals surface area contributed by atoms with Gasteiger partial charge < -0.3 is 10.6 Å². The van der Waals surface area contributed by atoms with Gasteiger partial charge in [-0.05, 0) is 39.4 Å². The van der Waals surface area contributed by atoms with Gasteiger partial charge in [0.1, 0.15) is 4.99 Å². The van der Waals surface area contributed by atoms with Crippen LogP contribution in [0.15, 0.2) is 18.2 Å². The summed E-state index contributed by atoms with van der Waals surface area (Å²) in [5.74, 6) is 0. The van der Waals surface area contributed by atoms with Gasteiger partial charge in [-0.2, -0.15) is 0 Å². The first-order chi connectivity index (χ1) is 8.91. The van der Waals surface area contributed by atoms with E-state index in [1.807, 2.05) is 12.1 Å². The number of hydrogen-bond acceptors (Lipinski definition) is 3. The van der Waals surface area contributed by atoms with E-state index < -0.39 is 0 Å². The molecule has 2 atom stereocenters. The summed E-state index contributed by atoms with van der Waals surface area (Å²) in [5, 5.41) is 0. The van der Waals surface area contributed by atoms with Crippen LogP contribution in [0.2, 0.25) is 0 Å². The highest BCUT2D eigenvalue weighted by molar-refractivity contribution is 7.80. The lowest BCUT2D eigenvalue weighted by Gasteiger charge is -2.44. The van der Waals surface area contributed by atoms with E-state index in [0.717, 1.165) is 18.7 Å². The molecule has 1 aliphatic heterocycles. The number of nitrogens with zero attached hydrogens (tertiary/aromatic N) is 2. The predicted molar refractivity (Wildman–Crippen MR) is 86.0 cm³/mol. The molecule has 0 radical (unpaired) electrons. The Morgan fingerprint density at radius 3 is 2.37 bits per heavy atom. The average molecular weight is 277 g/mol. The van der Waals surface area contributed by atoms with Crippen molar-refractivity contribution >= 4 is 22.9 Å². The van der Waals surface area contributed by atoms with Crippen molar-refractivity contribution in [2.75, 3.05) is 25.0 Å². The first-order valence-electron chi connectivity index (χ1n) is 6.78. The highest BCUT2D eigenvalue weighted by atomic mass is 32.1. The van der Waals surface area contributed by atoms with Crippen LogP contribution in [0.3, 0.4) is 0 Å². The van der Waals surface area contributed by atoms with Gasteiger partial charge in [-0.3, -0.25) is 4.90 Å². The van der Waals surface area contributed by atoms with Gasteiger partial charge in [0.15, 0.2) is 0 Å². The molecule has 1 aromatic rings. The van der Waals surface area contributed by atoms with Crippen LogP contribution in [0.4, 0.5) is 5.69 Å². The number of aryl methyl sites for hydroxylation is 1. The fourth-order valence-corrected chi connectivity index (χ4v) is 3.03. The van der Waals surface area contributed by atoms with Crippen LogP contribution in [-0.2, 0) is 0 Å². The number of rotatable bonds is 2. The highest BCUT2D eigenvalue weighted by Gasteiger charge is 2.28. The van der Waals surface area contributed by atoms with Gasteiger partial charge in [0.25, 0.3) is 0 Å². The molecule has 1 heterocycles. The Balaban J connectivity index is 2.39. The van der Waals surface area contributed by atoms with E-state index in [2.05, 4.69) is 43.7 Å². The Bertz CT molecular complexity index is 474. The van der Waals surface area contributed by atoms with E-state index in [0.29, 0.717) is 17.1 Å². The van der Waals surface area contributed by atoms with Crippen LogP contribution in [0.5, 0.6) is 0 Å². The molecule has 2 rings (SSSR count). The molecule has 1 saturated heterocycles. The van der Waals surface area contributed by atoms with Gasteiger partial charge in [0.05, 0.1) is 0 Å². The minimum atomic E-state index is 0.484. The smallest absolute Gasteiger partial charge is 0.106 e. The molecule has 2 unspecified atom stereocenters. The Kier molecular flexibility index (Phi) is 4.11. The van der Waals surface area contributed by atoms with Gasteiger partial charge in [-0.25, -0.2) is 0 Å². The summed E-state index contributed by atoms with van der Waals surface area (Å²) >= 11 is 5.20. The van der Waals surface area contributed by atoms with E-state index in [4.69, 9.17) is 18.0 Å². The van der Waals surface area contributed by atoms with Gasteiger partial charge in [-0.1, -0.05) is 24.4 Å². The fourth-order valence-electron chi connectivity index (χ4n) is 2.86. The number of para-hydroxylation sites is 1. The van der Waals surface area contributed by atoms with Crippen LogP contribution in [0, 0.1) is 6.92 Å². The number of anilines is 1. The van der Waals surface area contributed by atoms with E-state index in [-0.39, 0.29) is 0 Å². The van der Waals surface area contributed by atoms with Crippen molar-refractivity contribution < 1.29 is 0 Å². The average Bonchev–Trinajstić information content (AvgIpc) is 2.35. The second kappa shape index (κ2) is 5.47. The van der Waals surface area contributed by atoms with Crippen molar-refractivity contribution in [3.05, 3.63) is 29.3 Å². The molecule has 0 saturated carbocycles. The van der Waals surface area contributed by atoms with Crippen LogP contribution >= 0.6 is 12.2 Å². The zero-order chi connectivity index (χ0) is 14.2. The van der Waals surface area contributed by atoms with Gasteiger partial charge in [0, 0.05) is 36.4 Å². The van der Waals surface area contributed by atoms with Crippen molar-refractivity contribution in [3.8, 4) is 0 Å². The maximum atomic E-state index is 5.88. The third-order valence-corrected chi connectivity index (χ3v) is 4.40. The molecule has 1 aromatic carbocycles. The highest BCUT2D eigenvalue weighted by Crippen LogP contribution is 2.28. The number of hydrogen-bond donors (Lipinski definition) is 1. The van der Waals surface area contributed by atoms with E-state index in [9.17, 15) is 0 Å². The topological polar surface area (TPSA) is 32.5 Å². The van der Waals surface area contributed by atoms with Crippen molar-refractivity contribution in [2.24, 2.45) is 5.73 Å². The Hall–Kier alpha value is -1.13. The maximum absolute atomic E-state index is 5.88. The summed E-state index contributed by atoms with van der Waals surface area (Å²) in [5.41, 5.74) is 9.33. The molecule has 3 nitrogen and oxygen atoms in total. The van der Waals surface area contributed by atoms with Crippen LogP contribution in [0.25, 0.3) is 0 Å². The molecule has 0 amide bonds. The number of likely N-dealkylation sites (N-methyl/N-ethyl adjacent to an activating group) is 1. The summed E-state index contributed by atoms with van der Waals surface area (Å²) < 4.78 is 0. The summed E-state index contributed by atoms with van der Waals surface area (Å²) in [6.45, 7) is 8.69. The molecule has 2 N–H and O–H groups in total. The molecule has 104 valence electrons. The largest absolute Gasteiger partial charge is 0.389 e. The van der Waals surface area contributed by atoms with Crippen LogP contribution < -0.4 is 10.6 Å². The lowest BCUT2D eigenvalue weighted by Crippen LogP contribution is -2.55. The molecule has 0 aliphatic carbocycles. The molecular weight excluding hydrogens is 254 g/mol. The van der Waals surface area contributed by atoms with Gasteiger partial charge in [-0.15, -0.1) is 0 Å². The Morgan fingerprint density at radius 1 is 1.26 bits per heavy atom. The van der Waals surface area contributed by atoms with Crippen LogP contribution in [0.1, 0.15) is 25.0 Å². The van der Waals surface area contributed by atoms with Gasteiger partial charge >= 0.3 is 0 Å². The third-order valence-electron chi connectivity index (χ3n) is 4.18. The monoisotopic (exact) mass is 277 g/mol. The van der Waals surface area contributed by atoms with E-state index in [1.54, 1.807) is 0 Å². The molecular formula is C15H23N3S. The molecule has 1 aliphatic rings. The fraction of sp³-hybridized carbons (Fsp3) is 0.533. The number of nitrogens with two attached hydrogens (primary N) is 1. The molecule has 19 heavy (non-hydrogen) atoms. The second-order valence-electron chi connectivity index (χ2n) is 5.60. The quantitative estimate of drug-likeness (QED) is 0.840. The number of piperazine rings is 1.